The van der Waals surface area contributed by atoms with Crippen molar-refractivity contribution in [1.29, 1.82) is 0 Å². The number of esters is 2. The minimum Gasteiger partial charge on any atom is -0.462 e. The summed E-state index contributed by atoms with van der Waals surface area (Å²) in [5.74, 6) is -1.14. The number of carbonyl (C=O) groups excluding carboxylic acids is 2. The highest BCUT2D eigenvalue weighted by Gasteiger charge is 2.20. The molecule has 0 fully saturated rings. The summed E-state index contributed by atoms with van der Waals surface area (Å²) in [6.45, 7) is 3.87. The summed E-state index contributed by atoms with van der Waals surface area (Å²) < 4.78 is 15.4. The summed E-state index contributed by atoms with van der Waals surface area (Å²) in [5, 5.41) is 10.3. The Bertz CT molecular complexity index is 812. The zero-order valence-corrected chi connectivity index (χ0v) is 16.0. The summed E-state index contributed by atoms with van der Waals surface area (Å²) in [6.07, 6.45) is 4.09. The minimum absolute atomic E-state index is 0.0518. The molecule has 0 spiro atoms. The van der Waals surface area contributed by atoms with Gasteiger partial charge < -0.3 is 24.7 Å². The molecule has 2 aromatic rings. The minimum atomic E-state index is -1.09. The highest BCUT2D eigenvalue weighted by atomic mass is 16.6. The monoisotopic (exact) mass is 387 g/mol. The number of aliphatic hydroxyl groups excluding tert-OH is 1. The third-order valence-corrected chi connectivity index (χ3v) is 4.03. The first kappa shape index (κ1) is 21.2. The molecule has 0 aliphatic rings. The van der Waals surface area contributed by atoms with E-state index in [9.17, 15) is 14.7 Å². The molecule has 0 unspecified atom stereocenters. The van der Waals surface area contributed by atoms with Crippen LogP contribution in [-0.4, -0.2) is 35.9 Å². The lowest BCUT2D eigenvalue weighted by Crippen LogP contribution is -2.26. The molecule has 150 valence electrons. The zero-order valence-electron chi connectivity index (χ0n) is 16.0. The van der Waals surface area contributed by atoms with Crippen molar-refractivity contribution in [3.63, 3.8) is 0 Å². The number of ether oxygens (including phenoxy) is 2. The maximum atomic E-state index is 12.3. The largest absolute Gasteiger partial charge is 0.462 e. The lowest BCUT2D eigenvalue weighted by Gasteiger charge is -2.16. The Morgan fingerprint density at radius 1 is 1.25 bits per heavy atom. The standard InChI is InChI=1S/C21H25NO6/c1-3-4-12-27-21(25)19-15(7-5-8-16(19)22)10-11-17(23)14(2)28-20(24)18-9-6-13-26-18/h5-11,13-14,17,23H,3-4,12,22H2,1-2H3/t14-,17-/m1/s1. The van der Waals surface area contributed by atoms with Gasteiger partial charge in [0.15, 0.2) is 0 Å². The van der Waals surface area contributed by atoms with Crippen LogP contribution in [0, 0.1) is 0 Å². The van der Waals surface area contributed by atoms with Gasteiger partial charge in [-0.05, 0) is 37.1 Å². The van der Waals surface area contributed by atoms with Gasteiger partial charge >= 0.3 is 11.9 Å². The van der Waals surface area contributed by atoms with E-state index in [0.717, 1.165) is 12.8 Å². The van der Waals surface area contributed by atoms with Crippen molar-refractivity contribution < 1.29 is 28.6 Å². The van der Waals surface area contributed by atoms with Crippen LogP contribution in [0.2, 0.25) is 0 Å². The molecule has 0 aliphatic heterocycles. The zero-order chi connectivity index (χ0) is 20.5. The number of nitrogens with two attached hydrogens (primary N) is 1. The Hall–Kier alpha value is -3.06. The third kappa shape index (κ3) is 5.72. The predicted octanol–water partition coefficient (Wildman–Crippen LogP) is 3.44. The van der Waals surface area contributed by atoms with Crippen LogP contribution >= 0.6 is 0 Å². The summed E-state index contributed by atoms with van der Waals surface area (Å²) in [5.41, 5.74) is 6.97. The van der Waals surface area contributed by atoms with Crippen molar-refractivity contribution in [2.24, 2.45) is 0 Å². The van der Waals surface area contributed by atoms with Gasteiger partial charge in [0, 0.05) is 5.69 Å². The quantitative estimate of drug-likeness (QED) is 0.385. The van der Waals surface area contributed by atoms with Crippen molar-refractivity contribution in [3.05, 3.63) is 59.6 Å². The van der Waals surface area contributed by atoms with E-state index < -0.39 is 24.1 Å². The number of hydrogen-bond acceptors (Lipinski definition) is 7. The van der Waals surface area contributed by atoms with E-state index in [0.29, 0.717) is 12.2 Å². The summed E-state index contributed by atoms with van der Waals surface area (Å²) in [6, 6.07) is 8.04. The first-order valence-electron chi connectivity index (χ1n) is 9.10. The second kappa shape index (κ2) is 10.3. The molecule has 0 radical (unpaired) electrons. The fraction of sp³-hybridized carbons (Fsp3) is 0.333. The molecule has 3 N–H and O–H groups in total. The lowest BCUT2D eigenvalue weighted by atomic mass is 10.0. The van der Waals surface area contributed by atoms with Gasteiger partial charge in [-0.3, -0.25) is 0 Å². The average molecular weight is 387 g/mol. The smallest absolute Gasteiger partial charge is 0.374 e. The number of rotatable bonds is 9. The molecule has 1 aromatic heterocycles. The number of furan rings is 1. The Morgan fingerprint density at radius 2 is 2.04 bits per heavy atom. The van der Waals surface area contributed by atoms with Gasteiger partial charge in [0.1, 0.15) is 12.2 Å². The van der Waals surface area contributed by atoms with Gasteiger partial charge in [-0.1, -0.05) is 37.6 Å². The molecule has 2 rings (SSSR count). The number of aliphatic hydroxyl groups is 1. The van der Waals surface area contributed by atoms with Crippen molar-refractivity contribution in [3.8, 4) is 0 Å². The highest BCUT2D eigenvalue weighted by molar-refractivity contribution is 5.99. The predicted molar refractivity (Wildman–Crippen MR) is 105 cm³/mol. The van der Waals surface area contributed by atoms with Crippen LogP contribution in [0.15, 0.2) is 47.1 Å². The van der Waals surface area contributed by atoms with E-state index in [1.807, 2.05) is 6.92 Å². The van der Waals surface area contributed by atoms with Crippen LogP contribution in [-0.2, 0) is 9.47 Å². The SMILES string of the molecule is CCCCOC(=O)c1c(N)cccc1C=C[C@@H](O)[C@@H](C)OC(=O)c1ccco1. The molecule has 7 nitrogen and oxygen atoms in total. The van der Waals surface area contributed by atoms with E-state index in [-0.39, 0.29) is 17.0 Å². The average Bonchev–Trinajstić information content (AvgIpc) is 3.21. The Morgan fingerprint density at radius 3 is 2.71 bits per heavy atom. The second-order valence-corrected chi connectivity index (χ2v) is 6.24. The molecule has 0 saturated carbocycles. The van der Waals surface area contributed by atoms with Crippen molar-refractivity contribution in [1.82, 2.24) is 0 Å². The maximum absolute atomic E-state index is 12.3. The van der Waals surface area contributed by atoms with Crippen LogP contribution in [0.3, 0.4) is 0 Å². The van der Waals surface area contributed by atoms with Crippen molar-refractivity contribution >= 4 is 23.7 Å². The van der Waals surface area contributed by atoms with Gasteiger partial charge in [-0.2, -0.15) is 0 Å². The highest BCUT2D eigenvalue weighted by Crippen LogP contribution is 2.21. The molecular formula is C21H25NO6. The van der Waals surface area contributed by atoms with E-state index in [2.05, 4.69) is 0 Å². The number of anilines is 1. The molecule has 0 bridgehead atoms. The van der Waals surface area contributed by atoms with Crippen molar-refractivity contribution in [2.45, 2.75) is 38.9 Å². The van der Waals surface area contributed by atoms with Crippen LogP contribution < -0.4 is 5.73 Å². The Balaban J connectivity index is 2.07. The summed E-state index contributed by atoms with van der Waals surface area (Å²) in [7, 11) is 0. The first-order chi connectivity index (χ1) is 13.4. The molecule has 7 heteroatoms. The van der Waals surface area contributed by atoms with Gasteiger partial charge in [-0.25, -0.2) is 9.59 Å². The van der Waals surface area contributed by atoms with Crippen LogP contribution in [0.1, 0.15) is 53.2 Å². The number of carbonyl (C=O) groups is 2. The van der Waals surface area contributed by atoms with Crippen LogP contribution in [0.4, 0.5) is 5.69 Å². The van der Waals surface area contributed by atoms with Gasteiger partial charge in [0.25, 0.3) is 0 Å². The topological polar surface area (TPSA) is 112 Å². The first-order valence-corrected chi connectivity index (χ1v) is 9.10. The van der Waals surface area contributed by atoms with Gasteiger partial charge in [0.2, 0.25) is 5.76 Å². The second-order valence-electron chi connectivity index (χ2n) is 6.24. The normalized spacial score (nSPS) is 13.2. The third-order valence-electron chi connectivity index (χ3n) is 4.03. The molecule has 0 amide bonds. The number of nitrogen functional groups attached to an aromatic ring is 1. The molecule has 0 aliphatic carbocycles. The van der Waals surface area contributed by atoms with Gasteiger partial charge in [0.05, 0.1) is 18.4 Å². The maximum Gasteiger partial charge on any atom is 0.374 e. The van der Waals surface area contributed by atoms with E-state index in [4.69, 9.17) is 19.6 Å². The van der Waals surface area contributed by atoms with E-state index in [1.54, 1.807) is 37.3 Å². The Kier molecular flexibility index (Phi) is 7.83. The summed E-state index contributed by atoms with van der Waals surface area (Å²) >= 11 is 0. The van der Waals surface area contributed by atoms with Crippen LogP contribution in [0.5, 0.6) is 0 Å². The summed E-state index contributed by atoms with van der Waals surface area (Å²) in [4.78, 5) is 24.2. The molecule has 1 aromatic carbocycles. The molecule has 1 heterocycles. The van der Waals surface area contributed by atoms with E-state index >= 15 is 0 Å². The number of hydrogen-bond donors (Lipinski definition) is 2. The molecule has 0 saturated heterocycles. The van der Waals surface area contributed by atoms with Gasteiger partial charge in [-0.15, -0.1) is 0 Å². The van der Waals surface area contributed by atoms with E-state index in [1.165, 1.54) is 18.4 Å². The fourth-order valence-electron chi connectivity index (χ4n) is 2.39. The number of unbranched alkanes of at least 4 members (excludes halogenated alkanes) is 1. The van der Waals surface area contributed by atoms with Crippen LogP contribution in [0.25, 0.3) is 6.08 Å². The molecule has 2 atom stereocenters. The lowest BCUT2D eigenvalue weighted by molar-refractivity contribution is 0.000651. The molecule has 28 heavy (non-hydrogen) atoms. The van der Waals surface area contributed by atoms with Crippen molar-refractivity contribution in [2.75, 3.05) is 12.3 Å². The fourth-order valence-corrected chi connectivity index (χ4v) is 2.39. The molecular weight excluding hydrogens is 362 g/mol. The Labute approximate surface area is 163 Å². The number of benzene rings is 1.